The third-order valence-corrected chi connectivity index (χ3v) is 3.52. The van der Waals surface area contributed by atoms with Gasteiger partial charge >= 0.3 is 0 Å². The summed E-state index contributed by atoms with van der Waals surface area (Å²) in [6.45, 7) is 2.08. The molecule has 1 aliphatic rings. The van der Waals surface area contributed by atoms with Crippen LogP contribution in [0.25, 0.3) is 11.1 Å². The van der Waals surface area contributed by atoms with Crippen molar-refractivity contribution in [3.63, 3.8) is 0 Å². The molecule has 1 aliphatic heterocycles. The summed E-state index contributed by atoms with van der Waals surface area (Å²) in [6.07, 6.45) is 3.85. The summed E-state index contributed by atoms with van der Waals surface area (Å²) in [6, 6.07) is 9.16. The van der Waals surface area contributed by atoms with Gasteiger partial charge in [-0.1, -0.05) is 18.6 Å². The molecule has 0 bridgehead atoms. The van der Waals surface area contributed by atoms with Crippen LogP contribution in [0.1, 0.15) is 19.3 Å². The van der Waals surface area contributed by atoms with Crippen LogP contribution in [0.5, 0.6) is 0 Å². The van der Waals surface area contributed by atoms with Crippen molar-refractivity contribution in [2.24, 2.45) is 0 Å². The maximum absolute atomic E-state index is 5.76. The lowest BCUT2D eigenvalue weighted by Crippen LogP contribution is -2.42. The van der Waals surface area contributed by atoms with E-state index in [0.717, 1.165) is 24.2 Å². The minimum Gasteiger partial charge on any atom is -0.423 e. The summed E-state index contributed by atoms with van der Waals surface area (Å²) in [5.74, 6) is 0. The SMILES string of the molecule is CN(C[C@@H]1CCCCN1)c1nc2ccccc2o1. The first-order valence-corrected chi connectivity index (χ1v) is 6.63. The van der Waals surface area contributed by atoms with E-state index in [9.17, 15) is 0 Å². The quantitative estimate of drug-likeness (QED) is 0.901. The average molecular weight is 245 g/mol. The first-order valence-electron chi connectivity index (χ1n) is 6.63. The Labute approximate surface area is 107 Å². The molecule has 18 heavy (non-hydrogen) atoms. The zero-order valence-corrected chi connectivity index (χ0v) is 10.7. The molecule has 4 nitrogen and oxygen atoms in total. The Bertz CT molecular complexity index is 483. The number of rotatable bonds is 3. The van der Waals surface area contributed by atoms with Gasteiger partial charge in [0.25, 0.3) is 6.01 Å². The molecular formula is C14H19N3O. The van der Waals surface area contributed by atoms with Crippen LogP contribution >= 0.6 is 0 Å². The Morgan fingerprint density at radius 1 is 1.39 bits per heavy atom. The van der Waals surface area contributed by atoms with Gasteiger partial charge < -0.3 is 14.6 Å². The van der Waals surface area contributed by atoms with Crippen LogP contribution < -0.4 is 10.2 Å². The normalized spacial score (nSPS) is 20.2. The lowest BCUT2D eigenvalue weighted by molar-refractivity contribution is 0.397. The van der Waals surface area contributed by atoms with E-state index in [0.29, 0.717) is 12.1 Å². The van der Waals surface area contributed by atoms with Crippen molar-refractivity contribution in [2.45, 2.75) is 25.3 Å². The third-order valence-electron chi connectivity index (χ3n) is 3.52. The van der Waals surface area contributed by atoms with Gasteiger partial charge in [0.15, 0.2) is 5.58 Å². The van der Waals surface area contributed by atoms with Crippen LogP contribution in [0, 0.1) is 0 Å². The summed E-state index contributed by atoms with van der Waals surface area (Å²) in [7, 11) is 2.04. The van der Waals surface area contributed by atoms with Crippen molar-refractivity contribution in [2.75, 3.05) is 25.0 Å². The molecule has 0 aliphatic carbocycles. The highest BCUT2D eigenvalue weighted by molar-refractivity contribution is 5.74. The lowest BCUT2D eigenvalue weighted by Gasteiger charge is -2.27. The van der Waals surface area contributed by atoms with E-state index >= 15 is 0 Å². The lowest BCUT2D eigenvalue weighted by atomic mass is 10.1. The average Bonchev–Trinajstić information content (AvgIpc) is 2.84. The van der Waals surface area contributed by atoms with Gasteiger partial charge in [-0.3, -0.25) is 0 Å². The minimum absolute atomic E-state index is 0.554. The maximum Gasteiger partial charge on any atom is 0.298 e. The molecule has 2 aromatic rings. The van der Waals surface area contributed by atoms with Gasteiger partial charge in [0.1, 0.15) is 5.52 Å². The van der Waals surface area contributed by atoms with Gasteiger partial charge in [0, 0.05) is 19.6 Å². The second-order valence-electron chi connectivity index (χ2n) is 4.99. The molecule has 0 amide bonds. The number of nitrogens with one attached hydrogen (secondary N) is 1. The van der Waals surface area contributed by atoms with E-state index in [1.807, 2.05) is 31.3 Å². The molecule has 0 spiro atoms. The molecule has 2 heterocycles. The fraction of sp³-hybridized carbons (Fsp3) is 0.500. The fourth-order valence-corrected chi connectivity index (χ4v) is 2.51. The zero-order valence-electron chi connectivity index (χ0n) is 10.7. The van der Waals surface area contributed by atoms with Crippen LogP contribution in [0.4, 0.5) is 6.01 Å². The number of benzene rings is 1. The van der Waals surface area contributed by atoms with Crippen LogP contribution in [0.2, 0.25) is 0 Å². The Morgan fingerprint density at radius 2 is 2.28 bits per heavy atom. The molecule has 1 atom stereocenters. The van der Waals surface area contributed by atoms with Gasteiger partial charge in [0.05, 0.1) is 0 Å². The van der Waals surface area contributed by atoms with Crippen molar-refractivity contribution < 1.29 is 4.42 Å². The van der Waals surface area contributed by atoms with Crippen LogP contribution in [0.3, 0.4) is 0 Å². The van der Waals surface area contributed by atoms with Gasteiger partial charge in [-0.2, -0.15) is 4.98 Å². The standard InChI is InChI=1S/C14H19N3O/c1-17(10-11-6-4-5-9-15-11)14-16-12-7-2-3-8-13(12)18-14/h2-3,7-8,11,15H,4-6,9-10H2,1H3/t11-/m0/s1. The predicted octanol–water partition coefficient (Wildman–Crippen LogP) is 2.41. The van der Waals surface area contributed by atoms with E-state index < -0.39 is 0 Å². The fourth-order valence-electron chi connectivity index (χ4n) is 2.51. The zero-order chi connectivity index (χ0) is 12.4. The largest absolute Gasteiger partial charge is 0.423 e. The highest BCUT2D eigenvalue weighted by Crippen LogP contribution is 2.21. The Hall–Kier alpha value is -1.55. The van der Waals surface area contributed by atoms with Crippen LogP contribution in [0.15, 0.2) is 28.7 Å². The summed E-state index contributed by atoms with van der Waals surface area (Å²) in [5, 5.41) is 3.54. The van der Waals surface area contributed by atoms with Gasteiger partial charge in [0.2, 0.25) is 0 Å². The highest BCUT2D eigenvalue weighted by Gasteiger charge is 2.17. The maximum atomic E-state index is 5.76. The van der Waals surface area contributed by atoms with Crippen molar-refractivity contribution in [3.05, 3.63) is 24.3 Å². The smallest absolute Gasteiger partial charge is 0.298 e. The highest BCUT2D eigenvalue weighted by atomic mass is 16.4. The molecule has 3 rings (SSSR count). The number of para-hydroxylation sites is 2. The van der Waals surface area contributed by atoms with Gasteiger partial charge in [-0.25, -0.2) is 0 Å². The first kappa shape index (κ1) is 11.5. The summed E-state index contributed by atoms with van der Waals surface area (Å²) in [5.41, 5.74) is 1.78. The summed E-state index contributed by atoms with van der Waals surface area (Å²) < 4.78 is 5.76. The molecule has 1 N–H and O–H groups in total. The van der Waals surface area contributed by atoms with Crippen LogP contribution in [-0.4, -0.2) is 31.2 Å². The summed E-state index contributed by atoms with van der Waals surface area (Å²) in [4.78, 5) is 6.61. The molecule has 0 saturated carbocycles. The molecule has 0 radical (unpaired) electrons. The number of anilines is 1. The molecule has 1 aromatic heterocycles. The molecule has 4 heteroatoms. The second kappa shape index (κ2) is 4.98. The second-order valence-corrected chi connectivity index (χ2v) is 4.99. The molecular weight excluding hydrogens is 226 g/mol. The Morgan fingerprint density at radius 3 is 3.06 bits per heavy atom. The number of piperidine rings is 1. The van der Waals surface area contributed by atoms with E-state index in [1.54, 1.807) is 0 Å². The minimum atomic E-state index is 0.554. The molecule has 1 aromatic carbocycles. The number of aromatic nitrogens is 1. The molecule has 0 unspecified atom stereocenters. The molecule has 1 saturated heterocycles. The Balaban J connectivity index is 1.72. The predicted molar refractivity (Wildman–Crippen MR) is 72.9 cm³/mol. The topological polar surface area (TPSA) is 41.3 Å². The van der Waals surface area contributed by atoms with Crippen molar-refractivity contribution in [3.8, 4) is 0 Å². The first-order chi connectivity index (χ1) is 8.83. The molecule has 1 fully saturated rings. The number of hydrogen-bond acceptors (Lipinski definition) is 4. The number of oxazole rings is 1. The van der Waals surface area contributed by atoms with E-state index in [4.69, 9.17) is 4.42 Å². The summed E-state index contributed by atoms with van der Waals surface area (Å²) >= 11 is 0. The number of nitrogens with zero attached hydrogens (tertiary/aromatic N) is 2. The van der Waals surface area contributed by atoms with Gasteiger partial charge in [-0.15, -0.1) is 0 Å². The third kappa shape index (κ3) is 2.34. The van der Waals surface area contributed by atoms with Crippen molar-refractivity contribution in [1.82, 2.24) is 10.3 Å². The number of likely N-dealkylation sites (N-methyl/N-ethyl adjacent to an activating group) is 1. The van der Waals surface area contributed by atoms with E-state index in [1.165, 1.54) is 19.3 Å². The number of hydrogen-bond donors (Lipinski definition) is 1. The molecule has 96 valence electrons. The van der Waals surface area contributed by atoms with E-state index in [2.05, 4.69) is 15.2 Å². The monoisotopic (exact) mass is 245 g/mol. The van der Waals surface area contributed by atoms with Crippen LogP contribution in [-0.2, 0) is 0 Å². The Kier molecular flexibility index (Phi) is 3.19. The van der Waals surface area contributed by atoms with Gasteiger partial charge in [-0.05, 0) is 31.5 Å². The van der Waals surface area contributed by atoms with Crippen molar-refractivity contribution >= 4 is 17.1 Å². The van der Waals surface area contributed by atoms with E-state index in [-0.39, 0.29) is 0 Å². The number of fused-ring (bicyclic) bond motifs is 1. The van der Waals surface area contributed by atoms with Crippen molar-refractivity contribution in [1.29, 1.82) is 0 Å².